The summed E-state index contributed by atoms with van der Waals surface area (Å²) in [5, 5.41) is 9.46. The van der Waals surface area contributed by atoms with Crippen LogP contribution in [0.2, 0.25) is 5.02 Å². The molecule has 2 rings (SSSR count). The van der Waals surface area contributed by atoms with Gasteiger partial charge in [-0.2, -0.15) is 0 Å². The Labute approximate surface area is 141 Å². The SMILES string of the molecule is COc1cc(I)c(Cl)cc1C(=O)N1CC(C(C)C(=O)O)C1. The number of benzene rings is 1. The number of carbonyl (C=O) groups excluding carboxylic acids is 1. The molecule has 1 fully saturated rings. The molecule has 5 nitrogen and oxygen atoms in total. The monoisotopic (exact) mass is 423 g/mol. The highest BCUT2D eigenvalue weighted by molar-refractivity contribution is 14.1. The van der Waals surface area contributed by atoms with Crippen LogP contribution in [0.25, 0.3) is 0 Å². The first kappa shape index (κ1) is 16.4. The first-order chi connectivity index (χ1) is 9.85. The van der Waals surface area contributed by atoms with Gasteiger partial charge in [0.25, 0.3) is 5.91 Å². The quantitative estimate of drug-likeness (QED) is 0.756. The standard InChI is InChI=1S/C14H15ClINO4/c1-7(14(19)20)8-5-17(6-8)13(18)9-3-10(15)11(16)4-12(9)21-2/h3-4,7-8H,5-6H2,1-2H3,(H,19,20). The van der Waals surface area contributed by atoms with Crippen LogP contribution in [0.15, 0.2) is 12.1 Å². The molecular weight excluding hydrogens is 409 g/mol. The molecule has 1 aliphatic rings. The van der Waals surface area contributed by atoms with Crippen LogP contribution in [-0.2, 0) is 4.79 Å². The lowest BCUT2D eigenvalue weighted by Crippen LogP contribution is -2.53. The second-order valence-electron chi connectivity index (χ2n) is 5.06. The second-order valence-corrected chi connectivity index (χ2v) is 6.63. The van der Waals surface area contributed by atoms with Gasteiger partial charge in [-0.1, -0.05) is 18.5 Å². The van der Waals surface area contributed by atoms with Crippen molar-refractivity contribution in [3.63, 3.8) is 0 Å². The molecule has 0 bridgehead atoms. The summed E-state index contributed by atoms with van der Waals surface area (Å²) >= 11 is 8.13. The van der Waals surface area contributed by atoms with Crippen LogP contribution >= 0.6 is 34.2 Å². The van der Waals surface area contributed by atoms with E-state index in [1.807, 2.05) is 0 Å². The highest BCUT2D eigenvalue weighted by atomic mass is 127. The third kappa shape index (κ3) is 3.26. The molecule has 0 aromatic heterocycles. The van der Waals surface area contributed by atoms with Gasteiger partial charge in [0.15, 0.2) is 0 Å². The van der Waals surface area contributed by atoms with Gasteiger partial charge in [-0.15, -0.1) is 0 Å². The van der Waals surface area contributed by atoms with Gasteiger partial charge in [0.05, 0.1) is 23.6 Å². The minimum atomic E-state index is -0.831. The van der Waals surface area contributed by atoms with Gasteiger partial charge in [0.1, 0.15) is 5.75 Å². The summed E-state index contributed by atoms with van der Waals surface area (Å²) in [6, 6.07) is 3.31. The number of likely N-dealkylation sites (tertiary alicyclic amines) is 1. The lowest BCUT2D eigenvalue weighted by atomic mass is 9.86. The van der Waals surface area contributed by atoms with Crippen molar-refractivity contribution in [2.45, 2.75) is 6.92 Å². The molecule has 1 aliphatic heterocycles. The minimum Gasteiger partial charge on any atom is -0.496 e. The molecule has 0 radical (unpaired) electrons. The molecule has 7 heteroatoms. The average Bonchev–Trinajstić information content (AvgIpc) is 2.39. The number of methoxy groups -OCH3 is 1. The number of rotatable bonds is 4. The van der Waals surface area contributed by atoms with Crippen LogP contribution in [0.5, 0.6) is 5.75 Å². The number of halogens is 2. The van der Waals surface area contributed by atoms with Crippen molar-refractivity contribution in [3.05, 3.63) is 26.3 Å². The molecule has 0 aliphatic carbocycles. The molecule has 1 aromatic carbocycles. The van der Waals surface area contributed by atoms with E-state index < -0.39 is 11.9 Å². The first-order valence-electron chi connectivity index (χ1n) is 6.40. The van der Waals surface area contributed by atoms with E-state index in [-0.39, 0.29) is 11.8 Å². The molecule has 1 unspecified atom stereocenters. The van der Waals surface area contributed by atoms with Crippen LogP contribution in [0, 0.1) is 15.4 Å². The summed E-state index contributed by atoms with van der Waals surface area (Å²) < 4.78 is 6.04. The maximum atomic E-state index is 12.4. The molecule has 1 amide bonds. The Balaban J connectivity index is 2.13. The summed E-state index contributed by atoms with van der Waals surface area (Å²) in [5.74, 6) is -0.988. The number of hydrogen-bond acceptors (Lipinski definition) is 3. The average molecular weight is 424 g/mol. The molecule has 1 saturated heterocycles. The van der Waals surface area contributed by atoms with E-state index in [9.17, 15) is 9.59 Å². The summed E-state index contributed by atoms with van der Waals surface area (Å²) in [6.45, 7) is 2.55. The van der Waals surface area contributed by atoms with Gasteiger partial charge in [-0.3, -0.25) is 9.59 Å². The predicted octanol–water partition coefficient (Wildman–Crippen LogP) is 2.75. The number of carbonyl (C=O) groups is 2. The molecule has 0 spiro atoms. The number of ether oxygens (including phenoxy) is 1. The van der Waals surface area contributed by atoms with E-state index in [1.54, 1.807) is 24.0 Å². The Kier molecular flexibility index (Phi) is 4.98. The second kappa shape index (κ2) is 6.39. The van der Waals surface area contributed by atoms with Crippen LogP contribution in [-0.4, -0.2) is 42.1 Å². The number of amides is 1. The number of nitrogens with zero attached hydrogens (tertiary/aromatic N) is 1. The first-order valence-corrected chi connectivity index (χ1v) is 7.86. The van der Waals surface area contributed by atoms with Crippen LogP contribution in [0.1, 0.15) is 17.3 Å². The van der Waals surface area contributed by atoms with Crippen molar-refractivity contribution in [3.8, 4) is 5.75 Å². The number of hydrogen-bond donors (Lipinski definition) is 1. The fourth-order valence-electron chi connectivity index (χ4n) is 2.23. The zero-order valence-corrected chi connectivity index (χ0v) is 14.5. The molecule has 21 heavy (non-hydrogen) atoms. The Morgan fingerprint density at radius 2 is 2.10 bits per heavy atom. The molecule has 1 heterocycles. The molecule has 0 saturated carbocycles. The van der Waals surface area contributed by atoms with E-state index in [4.69, 9.17) is 21.4 Å². The van der Waals surface area contributed by atoms with Crippen molar-refractivity contribution in [2.24, 2.45) is 11.8 Å². The predicted molar refractivity (Wildman–Crippen MR) is 86.9 cm³/mol. The highest BCUT2D eigenvalue weighted by Gasteiger charge is 2.38. The van der Waals surface area contributed by atoms with E-state index >= 15 is 0 Å². The molecule has 1 aromatic rings. The van der Waals surface area contributed by atoms with Gasteiger partial charge >= 0.3 is 5.97 Å². The van der Waals surface area contributed by atoms with Crippen LogP contribution < -0.4 is 4.74 Å². The van der Waals surface area contributed by atoms with Gasteiger partial charge in [-0.05, 0) is 34.7 Å². The number of carboxylic acid groups (broad SMARTS) is 1. The van der Waals surface area contributed by atoms with E-state index in [1.165, 1.54) is 7.11 Å². The molecule has 114 valence electrons. The fraction of sp³-hybridized carbons (Fsp3) is 0.429. The summed E-state index contributed by atoms with van der Waals surface area (Å²) in [4.78, 5) is 25.0. The zero-order chi connectivity index (χ0) is 15.7. The lowest BCUT2D eigenvalue weighted by molar-refractivity contribution is -0.144. The highest BCUT2D eigenvalue weighted by Crippen LogP contribution is 2.32. The van der Waals surface area contributed by atoms with Crippen LogP contribution in [0.4, 0.5) is 0 Å². The summed E-state index contributed by atoms with van der Waals surface area (Å²) in [6.07, 6.45) is 0. The van der Waals surface area contributed by atoms with Crippen molar-refractivity contribution < 1.29 is 19.4 Å². The Morgan fingerprint density at radius 1 is 1.48 bits per heavy atom. The minimum absolute atomic E-state index is 0.00300. The summed E-state index contributed by atoms with van der Waals surface area (Å²) in [5.41, 5.74) is 0.407. The molecule has 1 N–H and O–H groups in total. The number of aliphatic carboxylic acids is 1. The Hall–Kier alpha value is -1.02. The van der Waals surface area contributed by atoms with Crippen molar-refractivity contribution in [1.82, 2.24) is 4.90 Å². The van der Waals surface area contributed by atoms with Crippen molar-refractivity contribution in [1.29, 1.82) is 0 Å². The topological polar surface area (TPSA) is 66.8 Å². The lowest BCUT2D eigenvalue weighted by Gasteiger charge is -2.41. The van der Waals surface area contributed by atoms with Gasteiger partial charge in [0, 0.05) is 22.6 Å². The van der Waals surface area contributed by atoms with E-state index in [0.29, 0.717) is 29.4 Å². The number of carboxylic acids is 1. The van der Waals surface area contributed by atoms with Crippen molar-refractivity contribution >= 4 is 46.1 Å². The third-order valence-corrected chi connectivity index (χ3v) is 5.29. The maximum Gasteiger partial charge on any atom is 0.306 e. The maximum absolute atomic E-state index is 12.4. The van der Waals surface area contributed by atoms with E-state index in [2.05, 4.69) is 22.6 Å². The Morgan fingerprint density at radius 3 is 2.62 bits per heavy atom. The summed E-state index contributed by atoms with van der Waals surface area (Å²) in [7, 11) is 1.50. The van der Waals surface area contributed by atoms with Gasteiger partial charge < -0.3 is 14.7 Å². The normalized spacial score (nSPS) is 16.3. The van der Waals surface area contributed by atoms with Gasteiger partial charge in [-0.25, -0.2) is 0 Å². The van der Waals surface area contributed by atoms with Crippen LogP contribution in [0.3, 0.4) is 0 Å². The van der Waals surface area contributed by atoms with Gasteiger partial charge in [0.2, 0.25) is 0 Å². The molecular formula is C14H15ClINO4. The van der Waals surface area contributed by atoms with E-state index in [0.717, 1.165) is 3.57 Å². The third-order valence-electron chi connectivity index (χ3n) is 3.77. The zero-order valence-electron chi connectivity index (χ0n) is 11.6. The fourth-order valence-corrected chi connectivity index (χ4v) is 2.83. The Bertz CT molecular complexity index is 587. The smallest absolute Gasteiger partial charge is 0.306 e. The molecule has 1 atom stereocenters. The van der Waals surface area contributed by atoms with Crippen molar-refractivity contribution in [2.75, 3.05) is 20.2 Å². The largest absolute Gasteiger partial charge is 0.496 e.